The fourth-order valence-electron chi connectivity index (χ4n) is 2.10. The zero-order valence-corrected chi connectivity index (χ0v) is 11.7. The van der Waals surface area contributed by atoms with Crippen molar-refractivity contribution in [2.75, 3.05) is 24.7 Å². The molecule has 1 saturated heterocycles. The van der Waals surface area contributed by atoms with E-state index >= 15 is 0 Å². The molecule has 5 heteroatoms. The SMILES string of the molecule is O=C(NC(CO)Cc1ccccc1)C1CSCCN1. The largest absolute Gasteiger partial charge is 0.394 e. The van der Waals surface area contributed by atoms with Crippen LogP contribution in [0.3, 0.4) is 0 Å². The first-order chi connectivity index (χ1) is 9.29. The third-order valence-corrected chi connectivity index (χ3v) is 4.19. The Hall–Kier alpha value is -1.04. The molecule has 1 fully saturated rings. The van der Waals surface area contributed by atoms with Crippen molar-refractivity contribution >= 4 is 17.7 Å². The maximum atomic E-state index is 12.1. The van der Waals surface area contributed by atoms with Gasteiger partial charge in [0.15, 0.2) is 0 Å². The second kappa shape index (κ2) is 7.53. The first-order valence-electron chi connectivity index (χ1n) is 6.56. The number of hydrogen-bond donors (Lipinski definition) is 3. The molecule has 0 aliphatic carbocycles. The molecule has 4 nitrogen and oxygen atoms in total. The number of hydrogen-bond acceptors (Lipinski definition) is 4. The van der Waals surface area contributed by atoms with Gasteiger partial charge in [0.25, 0.3) is 0 Å². The van der Waals surface area contributed by atoms with Gasteiger partial charge >= 0.3 is 0 Å². The van der Waals surface area contributed by atoms with Gasteiger partial charge in [-0.2, -0.15) is 11.8 Å². The molecule has 1 amide bonds. The van der Waals surface area contributed by atoms with Gasteiger partial charge in [-0.3, -0.25) is 4.79 Å². The van der Waals surface area contributed by atoms with Gasteiger partial charge in [0, 0.05) is 18.1 Å². The van der Waals surface area contributed by atoms with Crippen LogP contribution in [-0.4, -0.2) is 47.8 Å². The molecule has 0 radical (unpaired) electrons. The lowest BCUT2D eigenvalue weighted by Gasteiger charge is -2.25. The molecule has 0 aromatic heterocycles. The highest BCUT2D eigenvalue weighted by Crippen LogP contribution is 2.08. The van der Waals surface area contributed by atoms with Crippen molar-refractivity contribution in [2.45, 2.75) is 18.5 Å². The van der Waals surface area contributed by atoms with Crippen LogP contribution < -0.4 is 10.6 Å². The normalized spacial score (nSPS) is 20.8. The highest BCUT2D eigenvalue weighted by molar-refractivity contribution is 7.99. The van der Waals surface area contributed by atoms with Crippen molar-refractivity contribution in [2.24, 2.45) is 0 Å². The van der Waals surface area contributed by atoms with Crippen LogP contribution in [0.5, 0.6) is 0 Å². The molecule has 19 heavy (non-hydrogen) atoms. The van der Waals surface area contributed by atoms with E-state index in [1.165, 1.54) is 0 Å². The van der Waals surface area contributed by atoms with Crippen LogP contribution in [0.25, 0.3) is 0 Å². The molecule has 0 bridgehead atoms. The summed E-state index contributed by atoms with van der Waals surface area (Å²) in [4.78, 5) is 12.1. The van der Waals surface area contributed by atoms with E-state index in [0.29, 0.717) is 6.42 Å². The number of carbonyl (C=O) groups excluding carboxylic acids is 1. The Morgan fingerprint density at radius 2 is 2.26 bits per heavy atom. The quantitative estimate of drug-likeness (QED) is 0.731. The van der Waals surface area contributed by atoms with E-state index in [1.54, 1.807) is 11.8 Å². The predicted molar refractivity (Wildman–Crippen MR) is 78.3 cm³/mol. The Morgan fingerprint density at radius 3 is 2.89 bits per heavy atom. The van der Waals surface area contributed by atoms with Crippen LogP contribution in [-0.2, 0) is 11.2 Å². The molecule has 1 aromatic rings. The van der Waals surface area contributed by atoms with Crippen molar-refractivity contribution in [1.29, 1.82) is 0 Å². The Labute approximate surface area is 118 Å². The van der Waals surface area contributed by atoms with Crippen molar-refractivity contribution in [1.82, 2.24) is 10.6 Å². The Bertz CT molecular complexity index is 394. The number of carbonyl (C=O) groups is 1. The molecule has 1 heterocycles. The molecule has 3 N–H and O–H groups in total. The summed E-state index contributed by atoms with van der Waals surface area (Å²) in [6, 6.07) is 9.54. The molecule has 1 aromatic carbocycles. The Balaban J connectivity index is 1.86. The van der Waals surface area contributed by atoms with Gasteiger partial charge in [0.05, 0.1) is 18.7 Å². The van der Waals surface area contributed by atoms with E-state index < -0.39 is 0 Å². The highest BCUT2D eigenvalue weighted by atomic mass is 32.2. The third kappa shape index (κ3) is 4.53. The molecule has 104 valence electrons. The standard InChI is InChI=1S/C14H20N2O2S/c17-9-12(8-11-4-2-1-3-5-11)16-14(18)13-10-19-7-6-15-13/h1-5,12-13,15,17H,6-10H2,(H,16,18). The number of aliphatic hydroxyl groups is 1. The number of amides is 1. The van der Waals surface area contributed by atoms with E-state index in [-0.39, 0.29) is 24.6 Å². The minimum Gasteiger partial charge on any atom is -0.394 e. The maximum Gasteiger partial charge on any atom is 0.238 e. The molecule has 2 unspecified atom stereocenters. The monoisotopic (exact) mass is 280 g/mol. The second-order valence-corrected chi connectivity index (χ2v) is 5.81. The van der Waals surface area contributed by atoms with Gasteiger partial charge in [-0.1, -0.05) is 30.3 Å². The number of nitrogens with one attached hydrogen (secondary N) is 2. The third-order valence-electron chi connectivity index (χ3n) is 3.13. The highest BCUT2D eigenvalue weighted by Gasteiger charge is 2.23. The zero-order chi connectivity index (χ0) is 13.5. The molecule has 2 atom stereocenters. The fraction of sp³-hybridized carbons (Fsp3) is 0.500. The lowest BCUT2D eigenvalue weighted by Crippen LogP contribution is -2.52. The van der Waals surface area contributed by atoms with Gasteiger partial charge in [-0.25, -0.2) is 0 Å². The second-order valence-electron chi connectivity index (χ2n) is 4.66. The summed E-state index contributed by atoms with van der Waals surface area (Å²) < 4.78 is 0. The average molecular weight is 280 g/mol. The van der Waals surface area contributed by atoms with Crippen LogP contribution in [0.2, 0.25) is 0 Å². The maximum absolute atomic E-state index is 12.1. The van der Waals surface area contributed by atoms with Crippen molar-refractivity contribution < 1.29 is 9.90 Å². The van der Waals surface area contributed by atoms with Crippen LogP contribution in [0.1, 0.15) is 5.56 Å². The molecule has 1 aliphatic heterocycles. The van der Waals surface area contributed by atoms with Crippen LogP contribution in [0, 0.1) is 0 Å². The van der Waals surface area contributed by atoms with E-state index in [4.69, 9.17) is 0 Å². The minimum atomic E-state index is -0.219. The van der Waals surface area contributed by atoms with Gasteiger partial charge in [-0.05, 0) is 12.0 Å². The van der Waals surface area contributed by atoms with Crippen LogP contribution >= 0.6 is 11.8 Å². The predicted octanol–water partition coefficient (Wildman–Crippen LogP) is 0.411. The summed E-state index contributed by atoms with van der Waals surface area (Å²) in [6.45, 7) is 0.825. The topological polar surface area (TPSA) is 61.4 Å². The average Bonchev–Trinajstić information content (AvgIpc) is 2.48. The molecule has 0 saturated carbocycles. The molecular formula is C14H20N2O2S. The van der Waals surface area contributed by atoms with E-state index in [0.717, 1.165) is 23.6 Å². The number of thioether (sulfide) groups is 1. The van der Waals surface area contributed by atoms with E-state index in [2.05, 4.69) is 10.6 Å². The number of aliphatic hydroxyl groups excluding tert-OH is 1. The minimum absolute atomic E-state index is 0.0119. The Kier molecular flexibility index (Phi) is 5.69. The van der Waals surface area contributed by atoms with Crippen molar-refractivity contribution in [3.05, 3.63) is 35.9 Å². The molecule has 1 aliphatic rings. The fourth-order valence-corrected chi connectivity index (χ4v) is 3.03. The molecular weight excluding hydrogens is 260 g/mol. The van der Waals surface area contributed by atoms with Gasteiger partial charge in [0.1, 0.15) is 0 Å². The van der Waals surface area contributed by atoms with Crippen LogP contribution in [0.15, 0.2) is 30.3 Å². The van der Waals surface area contributed by atoms with Crippen molar-refractivity contribution in [3.63, 3.8) is 0 Å². The summed E-state index contributed by atoms with van der Waals surface area (Å²) in [5.74, 6) is 1.84. The summed E-state index contributed by atoms with van der Waals surface area (Å²) >= 11 is 1.78. The molecule has 2 rings (SSSR count). The Morgan fingerprint density at radius 1 is 1.47 bits per heavy atom. The smallest absolute Gasteiger partial charge is 0.238 e. The first-order valence-corrected chi connectivity index (χ1v) is 7.71. The zero-order valence-electron chi connectivity index (χ0n) is 10.8. The summed E-state index contributed by atoms with van der Waals surface area (Å²) in [7, 11) is 0. The van der Waals surface area contributed by atoms with Gasteiger partial charge < -0.3 is 15.7 Å². The summed E-state index contributed by atoms with van der Waals surface area (Å²) in [5.41, 5.74) is 1.12. The summed E-state index contributed by atoms with van der Waals surface area (Å²) in [5, 5.41) is 15.5. The molecule has 0 spiro atoms. The lowest BCUT2D eigenvalue weighted by atomic mass is 10.1. The van der Waals surface area contributed by atoms with Crippen molar-refractivity contribution in [3.8, 4) is 0 Å². The van der Waals surface area contributed by atoms with Gasteiger partial charge in [0.2, 0.25) is 5.91 Å². The van der Waals surface area contributed by atoms with E-state index in [1.807, 2.05) is 30.3 Å². The first kappa shape index (κ1) is 14.4. The lowest BCUT2D eigenvalue weighted by molar-refractivity contribution is -0.123. The van der Waals surface area contributed by atoms with E-state index in [9.17, 15) is 9.90 Å². The van der Waals surface area contributed by atoms with Crippen LogP contribution in [0.4, 0.5) is 0 Å². The number of benzene rings is 1. The summed E-state index contributed by atoms with van der Waals surface area (Å²) in [6.07, 6.45) is 0.656. The van der Waals surface area contributed by atoms with Gasteiger partial charge in [-0.15, -0.1) is 0 Å². The number of rotatable bonds is 5.